The fourth-order valence-corrected chi connectivity index (χ4v) is 3.36. The second-order valence-electron chi connectivity index (χ2n) is 6.37. The van der Waals surface area contributed by atoms with Crippen LogP contribution in [-0.4, -0.2) is 33.3 Å². The quantitative estimate of drug-likeness (QED) is 0.497. The van der Waals surface area contributed by atoms with Gasteiger partial charge in [-0.05, 0) is 55.3 Å². The molecule has 6 nitrogen and oxygen atoms in total. The van der Waals surface area contributed by atoms with Crippen molar-refractivity contribution in [3.05, 3.63) is 70.3 Å². The van der Waals surface area contributed by atoms with Crippen LogP contribution in [0.4, 0.5) is 0 Å². The van der Waals surface area contributed by atoms with Crippen molar-refractivity contribution in [2.45, 2.75) is 19.8 Å². The first-order valence-corrected chi connectivity index (χ1v) is 9.89. The number of carboxylic acid groups (broad SMARTS) is 1. The topological polar surface area (TPSA) is 88.8 Å². The summed E-state index contributed by atoms with van der Waals surface area (Å²) < 4.78 is 7.79. The summed E-state index contributed by atoms with van der Waals surface area (Å²) >= 11 is 3.42. The molecule has 1 heterocycles. The van der Waals surface area contributed by atoms with Crippen molar-refractivity contribution < 1.29 is 24.5 Å². The predicted molar refractivity (Wildman–Crippen MR) is 112 cm³/mol. The Morgan fingerprint density at radius 1 is 1.07 bits per heavy atom. The number of hydrogen-bond donors (Lipinski definition) is 2. The maximum absolute atomic E-state index is 12.0. The Morgan fingerprint density at radius 3 is 2.41 bits per heavy atom. The van der Waals surface area contributed by atoms with Crippen molar-refractivity contribution in [3.8, 4) is 22.7 Å². The fourth-order valence-electron chi connectivity index (χ4n) is 3.10. The van der Waals surface area contributed by atoms with E-state index in [1.54, 1.807) is 13.0 Å². The largest absolute Gasteiger partial charge is 0.507 e. The first-order chi connectivity index (χ1) is 13.9. The molecular weight excluding hydrogens is 438 g/mol. The minimum absolute atomic E-state index is 0.0172. The summed E-state index contributed by atoms with van der Waals surface area (Å²) in [6.45, 7) is 1.91. The number of benzene rings is 2. The summed E-state index contributed by atoms with van der Waals surface area (Å²) in [5.74, 6) is -1.67. The molecule has 1 aromatic heterocycles. The molecular formula is C22H20BrNO5. The van der Waals surface area contributed by atoms with Gasteiger partial charge in [-0.15, -0.1) is 0 Å². The van der Waals surface area contributed by atoms with Crippen molar-refractivity contribution >= 4 is 27.9 Å². The third-order valence-electron chi connectivity index (χ3n) is 4.43. The molecule has 0 unspecified atom stereocenters. The molecule has 0 saturated carbocycles. The number of nitrogens with zero attached hydrogens (tertiary/aromatic N) is 1. The highest BCUT2D eigenvalue weighted by Crippen LogP contribution is 2.31. The van der Waals surface area contributed by atoms with E-state index in [4.69, 9.17) is 9.84 Å². The van der Waals surface area contributed by atoms with Crippen molar-refractivity contribution in [1.82, 2.24) is 4.57 Å². The molecule has 2 N–H and O–H groups in total. The predicted octanol–water partition coefficient (Wildman–Crippen LogP) is 4.81. The van der Waals surface area contributed by atoms with Gasteiger partial charge in [0, 0.05) is 21.9 Å². The lowest BCUT2D eigenvalue weighted by molar-refractivity contribution is -0.136. The first kappa shape index (κ1) is 20.7. The Balaban J connectivity index is 2.09. The Kier molecular flexibility index (Phi) is 6.39. The average molecular weight is 458 g/mol. The van der Waals surface area contributed by atoms with Crippen LogP contribution in [0.3, 0.4) is 0 Å². The van der Waals surface area contributed by atoms with Gasteiger partial charge in [0.1, 0.15) is 11.3 Å². The highest BCUT2D eigenvalue weighted by Gasteiger charge is 2.17. The smallest absolute Gasteiger partial charge is 0.341 e. The number of aromatic hydroxyl groups is 1. The van der Waals surface area contributed by atoms with Gasteiger partial charge in [-0.25, -0.2) is 4.79 Å². The molecule has 0 fully saturated rings. The van der Waals surface area contributed by atoms with Crippen molar-refractivity contribution in [1.29, 1.82) is 0 Å². The minimum Gasteiger partial charge on any atom is -0.507 e. The number of halogens is 1. The van der Waals surface area contributed by atoms with Gasteiger partial charge in [0.25, 0.3) is 0 Å². The number of aliphatic carboxylic acids is 1. The third kappa shape index (κ3) is 4.68. The van der Waals surface area contributed by atoms with E-state index < -0.39 is 11.9 Å². The summed E-state index contributed by atoms with van der Waals surface area (Å²) in [4.78, 5) is 23.0. The maximum atomic E-state index is 12.0. The lowest BCUT2D eigenvalue weighted by Crippen LogP contribution is -2.08. The summed E-state index contributed by atoms with van der Waals surface area (Å²) in [5, 5.41) is 19.5. The molecule has 0 atom stereocenters. The number of esters is 1. The zero-order valence-electron chi connectivity index (χ0n) is 15.8. The van der Waals surface area contributed by atoms with Crippen LogP contribution < -0.4 is 0 Å². The van der Waals surface area contributed by atoms with Gasteiger partial charge < -0.3 is 19.5 Å². The third-order valence-corrected chi connectivity index (χ3v) is 4.96. The van der Waals surface area contributed by atoms with Gasteiger partial charge in [-0.2, -0.15) is 0 Å². The van der Waals surface area contributed by atoms with E-state index in [1.807, 2.05) is 41.0 Å². The molecule has 0 bridgehead atoms. The van der Waals surface area contributed by atoms with Crippen LogP contribution in [0.15, 0.2) is 59.1 Å². The maximum Gasteiger partial charge on any atom is 0.341 e. The van der Waals surface area contributed by atoms with Crippen LogP contribution in [0.2, 0.25) is 0 Å². The Hall–Kier alpha value is -3.06. The zero-order valence-corrected chi connectivity index (χ0v) is 17.3. The number of hydrogen-bond acceptors (Lipinski definition) is 4. The summed E-state index contributed by atoms with van der Waals surface area (Å²) in [7, 11) is 0. The molecule has 7 heteroatoms. The van der Waals surface area contributed by atoms with E-state index in [1.165, 1.54) is 12.1 Å². The lowest BCUT2D eigenvalue weighted by Gasteiger charge is -2.15. The molecule has 0 saturated heterocycles. The molecule has 0 amide bonds. The standard InChI is InChI=1S/C22H20BrNO5/c1-2-29-22(28)18-10-7-17(13-20(18)25)24-16(9-12-21(26)27)8-11-19(24)14-3-5-15(23)6-4-14/h3-8,10-11,13,25H,2,9,12H2,1H3,(H,26,27). The van der Waals surface area contributed by atoms with Crippen LogP contribution >= 0.6 is 15.9 Å². The number of aromatic nitrogens is 1. The van der Waals surface area contributed by atoms with Gasteiger partial charge >= 0.3 is 11.9 Å². The molecule has 3 rings (SSSR count). The summed E-state index contributed by atoms with van der Waals surface area (Å²) in [6.07, 6.45) is 0.308. The number of ether oxygens (including phenoxy) is 1. The molecule has 0 aliphatic heterocycles. The number of carbonyl (C=O) groups is 2. The molecule has 0 spiro atoms. The Morgan fingerprint density at radius 2 is 1.79 bits per heavy atom. The second-order valence-corrected chi connectivity index (χ2v) is 7.28. The molecule has 0 aliphatic rings. The highest BCUT2D eigenvalue weighted by molar-refractivity contribution is 9.10. The Bertz CT molecular complexity index is 1040. The zero-order chi connectivity index (χ0) is 21.0. The van der Waals surface area contributed by atoms with Gasteiger partial charge in [0.05, 0.1) is 18.7 Å². The molecule has 0 radical (unpaired) electrons. The second kappa shape index (κ2) is 8.96. The van der Waals surface area contributed by atoms with E-state index in [2.05, 4.69) is 15.9 Å². The van der Waals surface area contributed by atoms with Crippen molar-refractivity contribution in [2.24, 2.45) is 0 Å². The fraction of sp³-hybridized carbons (Fsp3) is 0.182. The lowest BCUT2D eigenvalue weighted by atomic mass is 10.1. The number of carboxylic acids is 1. The van der Waals surface area contributed by atoms with Gasteiger partial charge in [0.15, 0.2) is 0 Å². The van der Waals surface area contributed by atoms with Gasteiger partial charge in [0.2, 0.25) is 0 Å². The number of rotatable bonds is 7. The van der Waals surface area contributed by atoms with Crippen molar-refractivity contribution in [3.63, 3.8) is 0 Å². The molecule has 29 heavy (non-hydrogen) atoms. The number of phenolic OH excluding ortho intramolecular Hbond substituents is 1. The number of phenols is 1. The SMILES string of the molecule is CCOC(=O)c1ccc(-n2c(CCC(=O)O)ccc2-c2ccc(Br)cc2)cc1O. The molecule has 3 aromatic rings. The molecule has 0 aliphatic carbocycles. The van der Waals surface area contributed by atoms with Gasteiger partial charge in [-0.1, -0.05) is 28.1 Å². The number of aryl methyl sites for hydroxylation is 1. The summed E-state index contributed by atoms with van der Waals surface area (Å²) in [6, 6.07) is 16.2. The average Bonchev–Trinajstić information content (AvgIpc) is 3.11. The molecule has 2 aromatic carbocycles. The Labute approximate surface area is 176 Å². The van der Waals surface area contributed by atoms with E-state index in [0.29, 0.717) is 12.1 Å². The highest BCUT2D eigenvalue weighted by atomic mass is 79.9. The van der Waals surface area contributed by atoms with E-state index in [9.17, 15) is 14.7 Å². The van der Waals surface area contributed by atoms with Crippen LogP contribution in [-0.2, 0) is 16.0 Å². The van der Waals surface area contributed by atoms with Crippen LogP contribution in [0.1, 0.15) is 29.4 Å². The van der Waals surface area contributed by atoms with Crippen LogP contribution in [0, 0.1) is 0 Å². The van der Waals surface area contributed by atoms with Crippen LogP contribution in [0.5, 0.6) is 5.75 Å². The number of carbonyl (C=O) groups excluding carboxylic acids is 1. The van der Waals surface area contributed by atoms with E-state index in [0.717, 1.165) is 21.4 Å². The normalized spacial score (nSPS) is 10.7. The first-order valence-electron chi connectivity index (χ1n) is 9.09. The summed E-state index contributed by atoms with van der Waals surface area (Å²) in [5.41, 5.74) is 3.28. The van der Waals surface area contributed by atoms with Gasteiger partial charge in [-0.3, -0.25) is 4.79 Å². The van der Waals surface area contributed by atoms with Crippen LogP contribution in [0.25, 0.3) is 16.9 Å². The van der Waals surface area contributed by atoms with E-state index >= 15 is 0 Å². The minimum atomic E-state index is -0.886. The molecule has 150 valence electrons. The van der Waals surface area contributed by atoms with E-state index in [-0.39, 0.29) is 24.3 Å². The van der Waals surface area contributed by atoms with Crippen molar-refractivity contribution in [2.75, 3.05) is 6.61 Å². The monoisotopic (exact) mass is 457 g/mol.